The zero-order valence-corrected chi connectivity index (χ0v) is 16.8. The van der Waals surface area contributed by atoms with Gasteiger partial charge in [0.2, 0.25) is 0 Å². The topological polar surface area (TPSA) is 69.1 Å². The minimum Gasteiger partial charge on any atom is -0.389 e. The lowest BCUT2D eigenvalue weighted by molar-refractivity contribution is 0.0368. The second-order valence-electron chi connectivity index (χ2n) is 7.41. The molecule has 0 radical (unpaired) electrons. The lowest BCUT2D eigenvalue weighted by Gasteiger charge is -2.21. The van der Waals surface area contributed by atoms with Crippen molar-refractivity contribution in [1.29, 1.82) is 0 Å². The van der Waals surface area contributed by atoms with E-state index in [2.05, 4.69) is 26.6 Å². The van der Waals surface area contributed by atoms with Crippen LogP contribution >= 0.6 is 11.6 Å². The van der Waals surface area contributed by atoms with Crippen molar-refractivity contribution >= 4 is 23.2 Å². The van der Waals surface area contributed by atoms with Gasteiger partial charge in [0.05, 0.1) is 19.3 Å². The summed E-state index contributed by atoms with van der Waals surface area (Å²) in [5, 5.41) is 17.6. The van der Waals surface area contributed by atoms with Gasteiger partial charge in [-0.1, -0.05) is 17.7 Å². The predicted octanol–water partition coefficient (Wildman–Crippen LogP) is 2.26. The first-order valence-electron chi connectivity index (χ1n) is 9.95. The molecule has 0 spiro atoms. The van der Waals surface area contributed by atoms with Crippen LogP contribution in [0, 0.1) is 5.92 Å². The van der Waals surface area contributed by atoms with E-state index in [0.29, 0.717) is 25.1 Å². The van der Waals surface area contributed by atoms with Crippen molar-refractivity contribution in [3.05, 3.63) is 29.3 Å². The van der Waals surface area contributed by atoms with Crippen molar-refractivity contribution in [1.82, 2.24) is 10.6 Å². The first-order valence-corrected chi connectivity index (χ1v) is 10.3. The summed E-state index contributed by atoms with van der Waals surface area (Å²) in [5.74, 6) is 1.46. The van der Waals surface area contributed by atoms with Crippen LogP contribution in [0.5, 0.6) is 0 Å². The molecule has 1 saturated heterocycles. The van der Waals surface area contributed by atoms with Crippen molar-refractivity contribution in [2.24, 2.45) is 10.9 Å². The van der Waals surface area contributed by atoms with Crippen LogP contribution in [0.15, 0.2) is 29.3 Å². The van der Waals surface area contributed by atoms with E-state index < -0.39 is 6.10 Å². The molecule has 2 atom stereocenters. The highest BCUT2D eigenvalue weighted by Gasteiger charge is 2.24. The van der Waals surface area contributed by atoms with E-state index in [9.17, 15) is 5.11 Å². The molecule has 0 aromatic heterocycles. The lowest BCUT2D eigenvalue weighted by atomic mass is 10.2. The monoisotopic (exact) mass is 394 g/mol. The van der Waals surface area contributed by atoms with Crippen molar-refractivity contribution in [2.75, 3.05) is 44.3 Å². The Morgan fingerprint density at radius 1 is 1.41 bits per heavy atom. The quantitative estimate of drug-likeness (QED) is 0.442. The molecule has 1 heterocycles. The van der Waals surface area contributed by atoms with E-state index in [1.165, 1.54) is 12.8 Å². The van der Waals surface area contributed by atoms with Crippen molar-refractivity contribution in [3.63, 3.8) is 0 Å². The molecule has 2 fully saturated rings. The highest BCUT2D eigenvalue weighted by atomic mass is 35.5. The van der Waals surface area contributed by atoms with E-state index in [0.717, 1.165) is 49.3 Å². The van der Waals surface area contributed by atoms with Gasteiger partial charge in [-0.05, 0) is 50.3 Å². The Balaban J connectivity index is 1.45. The van der Waals surface area contributed by atoms with Crippen molar-refractivity contribution < 1.29 is 9.84 Å². The second-order valence-corrected chi connectivity index (χ2v) is 7.85. The number of aliphatic hydroxyl groups is 1. The van der Waals surface area contributed by atoms with Gasteiger partial charge < -0.3 is 25.4 Å². The summed E-state index contributed by atoms with van der Waals surface area (Å²) in [5.41, 5.74) is 1.15. The van der Waals surface area contributed by atoms with Crippen LogP contribution in [0.25, 0.3) is 0 Å². The third-order valence-electron chi connectivity index (χ3n) is 4.87. The normalized spacial score (nSPS) is 21.4. The van der Waals surface area contributed by atoms with Gasteiger partial charge in [0.15, 0.2) is 5.96 Å². The third-order valence-corrected chi connectivity index (χ3v) is 5.10. The first-order chi connectivity index (χ1) is 13.1. The molecule has 2 aliphatic rings. The molecule has 0 bridgehead atoms. The maximum Gasteiger partial charge on any atom is 0.191 e. The summed E-state index contributed by atoms with van der Waals surface area (Å²) in [4.78, 5) is 6.85. The number of rotatable bonds is 9. The number of nitrogens with one attached hydrogen (secondary N) is 2. The van der Waals surface area contributed by atoms with Gasteiger partial charge in [-0.15, -0.1) is 0 Å². The number of nitrogens with zero attached hydrogens (tertiary/aromatic N) is 2. The Bertz CT molecular complexity index is 624. The molecular formula is C20H31ClN4O2. The number of hydrogen-bond acceptors (Lipinski definition) is 4. The molecule has 2 unspecified atom stereocenters. The minimum absolute atomic E-state index is 0.310. The Hall–Kier alpha value is -1.50. The Morgan fingerprint density at radius 2 is 2.26 bits per heavy atom. The fourth-order valence-electron chi connectivity index (χ4n) is 3.20. The number of ether oxygens (including phenoxy) is 1. The van der Waals surface area contributed by atoms with Crippen LogP contribution < -0.4 is 15.5 Å². The molecule has 1 aromatic rings. The van der Waals surface area contributed by atoms with E-state index >= 15 is 0 Å². The van der Waals surface area contributed by atoms with Gasteiger partial charge in [0, 0.05) is 43.0 Å². The fourth-order valence-corrected chi connectivity index (χ4v) is 3.39. The van der Waals surface area contributed by atoms with E-state index in [-0.39, 0.29) is 0 Å². The molecule has 6 nitrogen and oxygen atoms in total. The molecule has 7 heteroatoms. The van der Waals surface area contributed by atoms with Gasteiger partial charge in [-0.2, -0.15) is 0 Å². The van der Waals surface area contributed by atoms with Crippen LogP contribution in [0.1, 0.15) is 26.2 Å². The molecule has 0 amide bonds. The molecule has 1 aromatic carbocycles. The highest BCUT2D eigenvalue weighted by Crippen LogP contribution is 2.28. The summed E-state index contributed by atoms with van der Waals surface area (Å²) < 4.78 is 5.54. The Kier molecular flexibility index (Phi) is 7.61. The molecule has 150 valence electrons. The van der Waals surface area contributed by atoms with Crippen LogP contribution in [-0.2, 0) is 4.74 Å². The molecule has 1 saturated carbocycles. The smallest absolute Gasteiger partial charge is 0.191 e. The number of aliphatic hydroxyl groups excluding tert-OH is 1. The van der Waals surface area contributed by atoms with E-state index in [1.54, 1.807) is 0 Å². The maximum absolute atomic E-state index is 10.1. The number of aliphatic imine (C=N–C) groups is 1. The number of benzene rings is 1. The van der Waals surface area contributed by atoms with Crippen LogP contribution in [0.3, 0.4) is 0 Å². The van der Waals surface area contributed by atoms with Gasteiger partial charge in [0.25, 0.3) is 0 Å². The Morgan fingerprint density at radius 3 is 3.00 bits per heavy atom. The molecule has 27 heavy (non-hydrogen) atoms. The number of hydrogen-bond donors (Lipinski definition) is 3. The highest BCUT2D eigenvalue weighted by molar-refractivity contribution is 6.30. The average molecular weight is 395 g/mol. The van der Waals surface area contributed by atoms with Gasteiger partial charge in [-0.3, -0.25) is 4.99 Å². The van der Waals surface area contributed by atoms with Crippen molar-refractivity contribution in [2.45, 2.75) is 38.3 Å². The van der Waals surface area contributed by atoms with Crippen LogP contribution in [0.2, 0.25) is 5.02 Å². The van der Waals surface area contributed by atoms with Crippen LogP contribution in [-0.4, -0.2) is 62.6 Å². The summed E-state index contributed by atoms with van der Waals surface area (Å²) in [6.07, 6.45) is 2.99. The van der Waals surface area contributed by atoms with E-state index in [1.807, 2.05) is 25.1 Å². The summed E-state index contributed by atoms with van der Waals surface area (Å²) in [6.45, 7) is 6.16. The standard InChI is InChI=1S/C20H31ClN4O2/c1-2-22-20(23-11-19(26)14-27-13-15-6-7-15)24-17-8-9-25(12-17)18-5-3-4-16(21)10-18/h3-5,10,15,17,19,26H,2,6-9,11-14H2,1H3,(H2,22,23,24). The fraction of sp³-hybridized carbons (Fsp3) is 0.650. The Labute approximate surface area is 166 Å². The van der Waals surface area contributed by atoms with Crippen molar-refractivity contribution in [3.8, 4) is 0 Å². The lowest BCUT2D eigenvalue weighted by Crippen LogP contribution is -2.45. The SMILES string of the molecule is CCNC(=NCC(O)COCC1CC1)NC1CCN(c2cccc(Cl)c2)C1. The van der Waals surface area contributed by atoms with Gasteiger partial charge in [-0.25, -0.2) is 0 Å². The number of guanidine groups is 1. The summed E-state index contributed by atoms with van der Waals surface area (Å²) in [6, 6.07) is 8.28. The average Bonchev–Trinajstić information content (AvgIpc) is 3.36. The summed E-state index contributed by atoms with van der Waals surface area (Å²) in [7, 11) is 0. The van der Waals surface area contributed by atoms with Gasteiger partial charge in [0.1, 0.15) is 0 Å². The molecule has 1 aliphatic carbocycles. The third kappa shape index (κ3) is 6.87. The number of halogens is 1. The zero-order valence-electron chi connectivity index (χ0n) is 16.0. The predicted molar refractivity (Wildman–Crippen MR) is 111 cm³/mol. The largest absolute Gasteiger partial charge is 0.389 e. The molecule has 1 aliphatic heterocycles. The summed E-state index contributed by atoms with van der Waals surface area (Å²) >= 11 is 6.11. The minimum atomic E-state index is -0.564. The number of anilines is 1. The van der Waals surface area contributed by atoms with Crippen LogP contribution in [0.4, 0.5) is 5.69 Å². The maximum atomic E-state index is 10.1. The molecule has 3 N–H and O–H groups in total. The second kappa shape index (κ2) is 10.2. The first kappa shape index (κ1) is 20.2. The van der Waals surface area contributed by atoms with Gasteiger partial charge >= 0.3 is 0 Å². The molecule has 3 rings (SSSR count). The zero-order chi connectivity index (χ0) is 19.1. The van der Waals surface area contributed by atoms with E-state index in [4.69, 9.17) is 16.3 Å². The molecular weight excluding hydrogens is 364 g/mol.